The second-order valence-corrected chi connectivity index (χ2v) is 3.33. The van der Waals surface area contributed by atoms with Gasteiger partial charge in [-0.15, -0.1) is 0 Å². The highest BCUT2D eigenvalue weighted by atomic mass is 16.5. The summed E-state index contributed by atoms with van der Waals surface area (Å²) in [6.45, 7) is 0. The van der Waals surface area contributed by atoms with Gasteiger partial charge in [-0.1, -0.05) is 18.2 Å². The van der Waals surface area contributed by atoms with Crippen molar-refractivity contribution in [2.75, 3.05) is 0 Å². The van der Waals surface area contributed by atoms with Gasteiger partial charge in [0, 0.05) is 6.42 Å². The van der Waals surface area contributed by atoms with Gasteiger partial charge >= 0.3 is 0 Å². The van der Waals surface area contributed by atoms with Crippen LogP contribution >= 0.6 is 0 Å². The average Bonchev–Trinajstić information content (AvgIpc) is 2.84. The van der Waals surface area contributed by atoms with Crippen LogP contribution in [0.5, 0.6) is 5.75 Å². The Bertz CT molecular complexity index is 332. The summed E-state index contributed by atoms with van der Waals surface area (Å²) in [6, 6.07) is 9.81. The first-order valence-corrected chi connectivity index (χ1v) is 4.56. The minimum absolute atomic E-state index is 0.133. The molecule has 0 radical (unpaired) electrons. The van der Waals surface area contributed by atoms with Crippen LogP contribution < -0.4 is 16.2 Å². The average molecular weight is 191 g/mol. The Hall–Kier alpha value is -1.71. The van der Waals surface area contributed by atoms with Crippen molar-refractivity contribution in [1.82, 2.24) is 0 Å². The van der Waals surface area contributed by atoms with Gasteiger partial charge in [-0.2, -0.15) is 0 Å². The van der Waals surface area contributed by atoms with Crippen molar-refractivity contribution < 1.29 is 4.74 Å². The van der Waals surface area contributed by atoms with Crippen molar-refractivity contribution in [2.24, 2.45) is 16.5 Å². The standard InChI is InChI=1S/C10H13N3O/c11-10(12)13-8-6-9(8)14-7-4-2-1-3-5-7/h1-5,8-9H,6H2,(H4,11,12,13)/t8-,9-/m1/s1. The van der Waals surface area contributed by atoms with Crippen molar-refractivity contribution in [3.63, 3.8) is 0 Å². The van der Waals surface area contributed by atoms with Crippen molar-refractivity contribution >= 4 is 5.96 Å². The zero-order valence-corrected chi connectivity index (χ0v) is 7.76. The Morgan fingerprint density at radius 2 is 2.00 bits per heavy atom. The summed E-state index contributed by atoms with van der Waals surface area (Å²) in [5, 5.41) is 0. The van der Waals surface area contributed by atoms with E-state index in [-0.39, 0.29) is 18.1 Å². The van der Waals surface area contributed by atoms with Gasteiger partial charge in [0.1, 0.15) is 11.9 Å². The summed E-state index contributed by atoms with van der Waals surface area (Å²) in [7, 11) is 0. The number of benzene rings is 1. The Morgan fingerprint density at radius 1 is 1.29 bits per heavy atom. The van der Waals surface area contributed by atoms with E-state index in [1.165, 1.54) is 0 Å². The lowest BCUT2D eigenvalue weighted by Gasteiger charge is -2.03. The van der Waals surface area contributed by atoms with E-state index >= 15 is 0 Å². The predicted octanol–water partition coefficient (Wildman–Crippen LogP) is 0.480. The third kappa shape index (κ3) is 2.16. The Labute approximate surface area is 82.6 Å². The lowest BCUT2D eigenvalue weighted by atomic mass is 10.3. The van der Waals surface area contributed by atoms with Gasteiger partial charge in [0.2, 0.25) is 0 Å². The molecule has 74 valence electrons. The molecule has 1 aromatic rings. The topological polar surface area (TPSA) is 73.6 Å². The maximum Gasteiger partial charge on any atom is 0.186 e. The van der Waals surface area contributed by atoms with Gasteiger partial charge in [-0.05, 0) is 12.1 Å². The van der Waals surface area contributed by atoms with Crippen LogP contribution in [0.15, 0.2) is 35.3 Å². The van der Waals surface area contributed by atoms with E-state index in [1.807, 2.05) is 30.3 Å². The van der Waals surface area contributed by atoms with E-state index in [0.717, 1.165) is 12.2 Å². The molecule has 1 fully saturated rings. The number of guanidine groups is 1. The molecule has 1 aliphatic rings. The second kappa shape index (κ2) is 3.57. The highest BCUT2D eigenvalue weighted by Crippen LogP contribution is 2.30. The summed E-state index contributed by atoms with van der Waals surface area (Å²) in [5.41, 5.74) is 10.5. The van der Waals surface area contributed by atoms with E-state index in [1.54, 1.807) is 0 Å². The first kappa shape index (κ1) is 8.87. The molecule has 4 nitrogen and oxygen atoms in total. The highest BCUT2D eigenvalue weighted by molar-refractivity contribution is 5.76. The van der Waals surface area contributed by atoms with Crippen molar-refractivity contribution in [2.45, 2.75) is 18.6 Å². The quantitative estimate of drug-likeness (QED) is 0.539. The van der Waals surface area contributed by atoms with Gasteiger partial charge in [0.25, 0.3) is 0 Å². The van der Waals surface area contributed by atoms with Gasteiger partial charge in [0.15, 0.2) is 5.96 Å². The molecule has 0 bridgehead atoms. The number of nitrogens with two attached hydrogens (primary N) is 2. The first-order valence-electron chi connectivity index (χ1n) is 4.56. The maximum atomic E-state index is 5.62. The fourth-order valence-electron chi connectivity index (χ4n) is 1.29. The van der Waals surface area contributed by atoms with Gasteiger partial charge in [-0.25, -0.2) is 4.99 Å². The minimum Gasteiger partial charge on any atom is -0.488 e. The maximum absolute atomic E-state index is 5.62. The molecule has 4 N–H and O–H groups in total. The van der Waals surface area contributed by atoms with Crippen LogP contribution in [0, 0.1) is 0 Å². The highest BCUT2D eigenvalue weighted by Gasteiger charge is 2.39. The summed E-state index contributed by atoms with van der Waals surface area (Å²) < 4.78 is 5.62. The van der Waals surface area contributed by atoms with Crippen molar-refractivity contribution in [1.29, 1.82) is 0 Å². The van der Waals surface area contributed by atoms with Crippen LogP contribution in [0.25, 0.3) is 0 Å². The third-order valence-corrected chi connectivity index (χ3v) is 2.05. The number of hydrogen-bond donors (Lipinski definition) is 2. The summed E-state index contributed by atoms with van der Waals surface area (Å²) >= 11 is 0. The lowest BCUT2D eigenvalue weighted by molar-refractivity contribution is 0.296. The minimum atomic E-state index is 0.133. The smallest absolute Gasteiger partial charge is 0.186 e. The fourth-order valence-corrected chi connectivity index (χ4v) is 1.29. The largest absolute Gasteiger partial charge is 0.488 e. The Kier molecular flexibility index (Phi) is 2.26. The fraction of sp³-hybridized carbons (Fsp3) is 0.300. The van der Waals surface area contributed by atoms with Crippen LogP contribution in [-0.2, 0) is 0 Å². The van der Waals surface area contributed by atoms with E-state index in [2.05, 4.69) is 4.99 Å². The van der Waals surface area contributed by atoms with Crippen LogP contribution in [0.3, 0.4) is 0 Å². The molecule has 1 aromatic carbocycles. The molecule has 0 saturated heterocycles. The van der Waals surface area contributed by atoms with Gasteiger partial charge in [-0.3, -0.25) is 0 Å². The molecule has 2 rings (SSSR count). The van der Waals surface area contributed by atoms with Crippen LogP contribution in [-0.4, -0.2) is 18.1 Å². The first-order chi connectivity index (χ1) is 6.75. The predicted molar refractivity (Wildman–Crippen MR) is 55.1 cm³/mol. The number of nitrogens with zero attached hydrogens (tertiary/aromatic N) is 1. The third-order valence-electron chi connectivity index (χ3n) is 2.05. The summed E-state index contributed by atoms with van der Waals surface area (Å²) in [6.07, 6.45) is 1.03. The molecule has 0 aromatic heterocycles. The second-order valence-electron chi connectivity index (χ2n) is 3.33. The summed E-state index contributed by atoms with van der Waals surface area (Å²) in [5.74, 6) is 1.000. The zero-order chi connectivity index (χ0) is 9.97. The van der Waals surface area contributed by atoms with Crippen LogP contribution in [0.1, 0.15) is 6.42 Å². The van der Waals surface area contributed by atoms with E-state index < -0.39 is 0 Å². The molecule has 2 atom stereocenters. The van der Waals surface area contributed by atoms with Crippen molar-refractivity contribution in [3.8, 4) is 5.75 Å². The van der Waals surface area contributed by atoms with Crippen molar-refractivity contribution in [3.05, 3.63) is 30.3 Å². The normalized spacial score (nSPS) is 24.0. The Morgan fingerprint density at radius 3 is 2.64 bits per heavy atom. The molecule has 1 saturated carbocycles. The number of rotatable bonds is 3. The molecule has 1 aliphatic carbocycles. The monoisotopic (exact) mass is 191 g/mol. The molecule has 4 heteroatoms. The molecule has 14 heavy (non-hydrogen) atoms. The zero-order valence-electron chi connectivity index (χ0n) is 7.76. The molecule has 0 heterocycles. The van der Waals surface area contributed by atoms with Crippen LogP contribution in [0.2, 0.25) is 0 Å². The van der Waals surface area contributed by atoms with Gasteiger partial charge in [0.05, 0.1) is 6.04 Å². The number of ether oxygens (including phenoxy) is 1. The molecular formula is C10H13N3O. The molecule has 0 amide bonds. The number of para-hydroxylation sites is 1. The van der Waals surface area contributed by atoms with Gasteiger partial charge < -0.3 is 16.2 Å². The SMILES string of the molecule is NC(N)=N[C@@H]1C[C@H]1Oc1ccccc1. The van der Waals surface area contributed by atoms with E-state index in [9.17, 15) is 0 Å². The van der Waals surface area contributed by atoms with Crippen LogP contribution in [0.4, 0.5) is 0 Å². The molecule has 0 spiro atoms. The summed E-state index contributed by atoms with van der Waals surface area (Å²) in [4.78, 5) is 4.01. The number of hydrogen-bond acceptors (Lipinski definition) is 2. The molecular weight excluding hydrogens is 178 g/mol. The molecule has 0 aliphatic heterocycles. The van der Waals surface area contributed by atoms with E-state index in [0.29, 0.717) is 0 Å². The number of aliphatic imine (C=N–C) groups is 1. The Balaban J connectivity index is 1.88. The van der Waals surface area contributed by atoms with E-state index in [4.69, 9.17) is 16.2 Å². The molecule has 0 unspecified atom stereocenters. The lowest BCUT2D eigenvalue weighted by Crippen LogP contribution is -2.23.